The van der Waals surface area contributed by atoms with Gasteiger partial charge in [0.15, 0.2) is 0 Å². The van der Waals surface area contributed by atoms with E-state index >= 15 is 0 Å². The lowest BCUT2D eigenvalue weighted by atomic mass is 9.80. The molecule has 182 valence electrons. The highest BCUT2D eigenvalue weighted by Crippen LogP contribution is 2.44. The fourth-order valence-corrected chi connectivity index (χ4v) is 4.46. The van der Waals surface area contributed by atoms with Gasteiger partial charge in [0.25, 0.3) is 0 Å². The van der Waals surface area contributed by atoms with Gasteiger partial charge in [-0.3, -0.25) is 4.90 Å². The molecule has 36 heavy (non-hydrogen) atoms. The van der Waals surface area contributed by atoms with E-state index in [2.05, 4.69) is 6.07 Å². The Balaban J connectivity index is 2.12. The van der Waals surface area contributed by atoms with E-state index in [1.54, 1.807) is 56.3 Å². The molecule has 4 rings (SSSR count). The Hall–Kier alpha value is -4.84. The number of nitrogens with two attached hydrogens (primary N) is 1. The number of carbonyl (C=O) groups excluding carboxylic acids is 2. The maximum Gasteiger partial charge on any atom is 0.355 e. The summed E-state index contributed by atoms with van der Waals surface area (Å²) < 4.78 is 15.5. The number of methoxy groups -OCH3 is 2. The average Bonchev–Trinajstić information content (AvgIpc) is 2.87. The van der Waals surface area contributed by atoms with Gasteiger partial charge >= 0.3 is 17.6 Å². The smallest absolute Gasteiger partial charge is 0.355 e. The maximum absolute atomic E-state index is 13.2. The molecule has 1 aliphatic rings. The maximum atomic E-state index is 13.2. The van der Waals surface area contributed by atoms with Crippen molar-refractivity contribution in [1.82, 2.24) is 0 Å². The van der Waals surface area contributed by atoms with Gasteiger partial charge in [-0.05, 0) is 42.7 Å². The van der Waals surface area contributed by atoms with Gasteiger partial charge in [0.2, 0.25) is 0 Å². The van der Waals surface area contributed by atoms with Gasteiger partial charge < -0.3 is 19.6 Å². The molecule has 1 aliphatic heterocycles. The van der Waals surface area contributed by atoms with E-state index < -0.39 is 23.5 Å². The third-order valence-electron chi connectivity index (χ3n) is 6.12. The van der Waals surface area contributed by atoms with Crippen molar-refractivity contribution >= 4 is 28.6 Å². The van der Waals surface area contributed by atoms with E-state index in [9.17, 15) is 19.6 Å². The van der Waals surface area contributed by atoms with Crippen LogP contribution in [0.2, 0.25) is 0 Å². The zero-order valence-corrected chi connectivity index (χ0v) is 20.1. The number of nitriles is 1. The Bertz CT molecular complexity index is 1560. The largest absolute Gasteiger partial charge is 0.466 e. The summed E-state index contributed by atoms with van der Waals surface area (Å²) in [5.74, 6) is -2.66. The Morgan fingerprint density at radius 2 is 1.69 bits per heavy atom. The van der Waals surface area contributed by atoms with Crippen molar-refractivity contribution in [2.24, 2.45) is 5.73 Å². The van der Waals surface area contributed by atoms with Crippen molar-refractivity contribution in [3.63, 3.8) is 0 Å². The number of hydrogen-bond acceptors (Lipinski definition) is 9. The zero-order chi connectivity index (χ0) is 26.1. The van der Waals surface area contributed by atoms with E-state index in [1.807, 2.05) is 0 Å². The minimum absolute atomic E-state index is 0.0445. The Kier molecular flexibility index (Phi) is 6.36. The first kappa shape index (κ1) is 24.3. The molecular weight excluding hydrogens is 462 g/mol. The van der Waals surface area contributed by atoms with Crippen LogP contribution in [0.15, 0.2) is 80.4 Å². The van der Waals surface area contributed by atoms with Crippen LogP contribution in [-0.2, 0) is 19.1 Å². The summed E-state index contributed by atoms with van der Waals surface area (Å²) in [5, 5.41) is 10.8. The normalized spacial score (nSPS) is 15.6. The molecule has 9 heteroatoms. The van der Waals surface area contributed by atoms with Crippen LogP contribution in [0.5, 0.6) is 0 Å². The number of fused-ring (bicyclic) bond motifs is 1. The highest BCUT2D eigenvalue weighted by molar-refractivity contribution is 6.07. The number of nitrogens with zero attached hydrogens (tertiary/aromatic N) is 2. The quantitative estimate of drug-likeness (QED) is 0.436. The van der Waals surface area contributed by atoms with E-state index in [-0.39, 0.29) is 22.7 Å². The second-order valence-electron chi connectivity index (χ2n) is 8.22. The summed E-state index contributed by atoms with van der Waals surface area (Å²) in [5.41, 5.74) is 8.41. The molecule has 2 heterocycles. The molecule has 0 radical (unpaired) electrons. The van der Waals surface area contributed by atoms with Crippen LogP contribution in [0.1, 0.15) is 22.6 Å². The minimum atomic E-state index is -0.963. The molecule has 0 spiro atoms. The summed E-state index contributed by atoms with van der Waals surface area (Å²) in [7, 11) is 2.38. The third kappa shape index (κ3) is 3.88. The fraction of sp³-hybridized carbons (Fsp3) is 0.185. The second-order valence-corrected chi connectivity index (χ2v) is 8.22. The molecule has 0 fully saturated rings. The van der Waals surface area contributed by atoms with Crippen LogP contribution in [0.25, 0.3) is 11.0 Å². The van der Waals surface area contributed by atoms with Gasteiger partial charge in [-0.2, -0.15) is 5.26 Å². The summed E-state index contributed by atoms with van der Waals surface area (Å²) in [6, 6.07) is 15.6. The predicted molar refractivity (Wildman–Crippen MR) is 132 cm³/mol. The van der Waals surface area contributed by atoms with Gasteiger partial charge in [0.1, 0.15) is 17.1 Å². The Morgan fingerprint density at radius 3 is 2.31 bits per heavy atom. The molecular formula is C27H23N3O6. The summed E-state index contributed by atoms with van der Waals surface area (Å²) in [6.07, 6.45) is 0. The van der Waals surface area contributed by atoms with Gasteiger partial charge in [0, 0.05) is 11.5 Å². The number of anilines is 1. The highest BCUT2D eigenvalue weighted by atomic mass is 16.5. The Labute approximate surface area is 206 Å². The first-order chi connectivity index (χ1) is 17.2. The van der Waals surface area contributed by atoms with Crippen molar-refractivity contribution in [3.8, 4) is 6.07 Å². The standard InChI is InChI=1S/C27H23N3O6/c1-14-11-21(31)36-20-10-15(2)19(12-17(14)20)30-24(27(33)35-4)23(26(32)34-3)22(18(13-28)25(30)29)16-8-6-5-7-9-16/h5-12,22H,29H2,1-4H3. The number of hydrogen-bond donors (Lipinski definition) is 1. The number of ether oxygens (including phenoxy) is 2. The third-order valence-corrected chi connectivity index (χ3v) is 6.12. The number of rotatable bonds is 4. The number of esters is 2. The summed E-state index contributed by atoms with van der Waals surface area (Å²) in [4.78, 5) is 39.6. The van der Waals surface area contributed by atoms with Crippen LogP contribution >= 0.6 is 0 Å². The molecule has 0 bridgehead atoms. The monoisotopic (exact) mass is 485 g/mol. The van der Waals surface area contributed by atoms with Crippen LogP contribution in [0.4, 0.5) is 5.69 Å². The average molecular weight is 485 g/mol. The van der Waals surface area contributed by atoms with Crippen molar-refractivity contribution in [2.45, 2.75) is 19.8 Å². The van der Waals surface area contributed by atoms with Crippen LogP contribution in [-0.4, -0.2) is 26.2 Å². The molecule has 1 unspecified atom stereocenters. The van der Waals surface area contributed by atoms with Gasteiger partial charge in [-0.15, -0.1) is 0 Å². The van der Waals surface area contributed by atoms with Crippen molar-refractivity contribution in [2.75, 3.05) is 19.1 Å². The molecule has 0 amide bonds. The molecule has 9 nitrogen and oxygen atoms in total. The molecule has 2 N–H and O–H groups in total. The van der Waals surface area contributed by atoms with Crippen LogP contribution in [0, 0.1) is 25.2 Å². The minimum Gasteiger partial charge on any atom is -0.466 e. The van der Waals surface area contributed by atoms with Crippen LogP contribution < -0.4 is 16.3 Å². The lowest BCUT2D eigenvalue weighted by Gasteiger charge is -2.36. The number of benzene rings is 2. The molecule has 0 saturated heterocycles. The number of allylic oxidation sites excluding steroid dienone is 1. The van der Waals surface area contributed by atoms with Crippen molar-refractivity contribution < 1.29 is 23.5 Å². The molecule has 0 aliphatic carbocycles. The van der Waals surface area contributed by atoms with E-state index in [1.165, 1.54) is 25.2 Å². The number of carbonyl (C=O) groups is 2. The second kappa shape index (κ2) is 9.43. The lowest BCUT2D eigenvalue weighted by molar-refractivity contribution is -0.139. The van der Waals surface area contributed by atoms with Gasteiger partial charge in [0.05, 0.1) is 43.0 Å². The van der Waals surface area contributed by atoms with E-state index in [0.717, 1.165) is 0 Å². The summed E-state index contributed by atoms with van der Waals surface area (Å²) >= 11 is 0. The summed E-state index contributed by atoms with van der Waals surface area (Å²) in [6.45, 7) is 3.48. The molecule has 2 aromatic carbocycles. The Morgan fingerprint density at radius 1 is 1.03 bits per heavy atom. The SMILES string of the molecule is COC(=O)C1=C(C(=O)OC)N(c2cc3c(C)cc(=O)oc3cc2C)C(N)=C(C#N)C1c1ccccc1. The number of aryl methyl sites for hydroxylation is 2. The van der Waals surface area contributed by atoms with E-state index in [0.29, 0.717) is 33.3 Å². The van der Waals surface area contributed by atoms with E-state index in [4.69, 9.17) is 19.6 Å². The molecule has 0 saturated carbocycles. The van der Waals surface area contributed by atoms with Crippen LogP contribution in [0.3, 0.4) is 0 Å². The highest BCUT2D eigenvalue weighted by Gasteiger charge is 2.43. The van der Waals surface area contributed by atoms with Gasteiger partial charge in [-0.25, -0.2) is 14.4 Å². The molecule has 3 aromatic rings. The first-order valence-electron chi connectivity index (χ1n) is 10.9. The zero-order valence-electron chi connectivity index (χ0n) is 20.1. The van der Waals surface area contributed by atoms with Gasteiger partial charge in [-0.1, -0.05) is 30.3 Å². The fourth-order valence-electron chi connectivity index (χ4n) is 4.46. The van der Waals surface area contributed by atoms with Crippen molar-refractivity contribution in [1.29, 1.82) is 5.26 Å². The molecule has 1 aromatic heterocycles. The topological polar surface area (TPSA) is 136 Å². The lowest BCUT2D eigenvalue weighted by Crippen LogP contribution is -2.41. The molecule has 1 atom stereocenters. The first-order valence-corrected chi connectivity index (χ1v) is 10.9. The van der Waals surface area contributed by atoms with Crippen molar-refractivity contribution in [3.05, 3.63) is 98.3 Å². The predicted octanol–water partition coefficient (Wildman–Crippen LogP) is 3.31.